The van der Waals surface area contributed by atoms with Gasteiger partial charge in [-0.25, -0.2) is 0 Å². The zero-order valence-electron chi connectivity index (χ0n) is 15.3. The van der Waals surface area contributed by atoms with E-state index in [9.17, 15) is 4.79 Å². The second kappa shape index (κ2) is 8.78. The highest BCUT2D eigenvalue weighted by molar-refractivity contribution is 7.80. The molecule has 0 N–H and O–H groups in total. The zero-order chi connectivity index (χ0) is 18.4. The first-order valence-electron chi connectivity index (χ1n) is 9.04. The van der Waals surface area contributed by atoms with Gasteiger partial charge in [0.1, 0.15) is 0 Å². The molecule has 0 aliphatic carbocycles. The largest absolute Gasteiger partial charge is 0.339 e. The van der Waals surface area contributed by atoms with Crippen LogP contribution in [0.15, 0.2) is 84.9 Å². The van der Waals surface area contributed by atoms with Crippen molar-refractivity contribution in [1.82, 2.24) is 4.90 Å². The molecule has 3 aromatic rings. The first-order valence-corrected chi connectivity index (χ1v) is 10.4. The molecule has 0 aromatic heterocycles. The molecule has 0 saturated carbocycles. The lowest BCUT2D eigenvalue weighted by Gasteiger charge is -2.25. The third-order valence-corrected chi connectivity index (χ3v) is 6.96. The monoisotopic (exact) mass is 361 g/mol. The number of carbonyl (C=O) groups is 1. The van der Waals surface area contributed by atoms with E-state index in [4.69, 9.17) is 0 Å². The van der Waals surface area contributed by atoms with Crippen molar-refractivity contribution in [2.75, 3.05) is 13.1 Å². The molecule has 0 saturated heterocycles. The molecule has 0 radical (unpaired) electrons. The van der Waals surface area contributed by atoms with E-state index in [2.05, 4.69) is 54.6 Å². The molecule has 2 nitrogen and oxygen atoms in total. The fourth-order valence-corrected chi connectivity index (χ4v) is 5.55. The summed E-state index contributed by atoms with van der Waals surface area (Å²) in [5.41, 5.74) is 0.815. The van der Waals surface area contributed by atoms with Crippen LogP contribution in [0.2, 0.25) is 0 Å². The summed E-state index contributed by atoms with van der Waals surface area (Å²) in [6.45, 7) is 5.50. The van der Waals surface area contributed by atoms with E-state index in [0.717, 1.165) is 24.0 Å². The van der Waals surface area contributed by atoms with Crippen molar-refractivity contribution in [2.45, 2.75) is 13.8 Å². The average Bonchev–Trinajstić information content (AvgIpc) is 2.71. The SMILES string of the molecule is CCN(CC)C(=O)c1ccccc1P(c1ccccc1)c1ccccc1. The van der Waals surface area contributed by atoms with Crippen LogP contribution in [-0.4, -0.2) is 23.9 Å². The first kappa shape index (κ1) is 18.4. The fraction of sp³-hybridized carbons (Fsp3) is 0.174. The number of benzene rings is 3. The van der Waals surface area contributed by atoms with Crippen molar-refractivity contribution >= 4 is 29.7 Å². The molecule has 3 aromatic carbocycles. The predicted molar refractivity (Wildman–Crippen MR) is 112 cm³/mol. The maximum absolute atomic E-state index is 13.1. The molecule has 0 bridgehead atoms. The molecule has 0 heterocycles. The van der Waals surface area contributed by atoms with Crippen LogP contribution in [0.1, 0.15) is 24.2 Å². The summed E-state index contributed by atoms with van der Waals surface area (Å²) in [6, 6.07) is 29.1. The molecule has 0 aliphatic rings. The summed E-state index contributed by atoms with van der Waals surface area (Å²) >= 11 is 0. The minimum absolute atomic E-state index is 0.116. The molecule has 3 rings (SSSR count). The Morgan fingerprint density at radius 3 is 1.69 bits per heavy atom. The van der Waals surface area contributed by atoms with E-state index in [1.807, 2.05) is 49.1 Å². The maximum Gasteiger partial charge on any atom is 0.254 e. The van der Waals surface area contributed by atoms with Crippen LogP contribution in [0, 0.1) is 0 Å². The van der Waals surface area contributed by atoms with Gasteiger partial charge in [0.25, 0.3) is 5.91 Å². The Kier molecular flexibility index (Phi) is 6.20. The van der Waals surface area contributed by atoms with Crippen LogP contribution in [0.3, 0.4) is 0 Å². The van der Waals surface area contributed by atoms with Crippen molar-refractivity contribution in [3.05, 3.63) is 90.5 Å². The van der Waals surface area contributed by atoms with E-state index in [1.165, 1.54) is 10.6 Å². The lowest BCUT2D eigenvalue weighted by molar-refractivity contribution is 0.0774. The number of nitrogens with zero attached hydrogens (tertiary/aromatic N) is 1. The van der Waals surface area contributed by atoms with E-state index in [-0.39, 0.29) is 5.91 Å². The van der Waals surface area contributed by atoms with Gasteiger partial charge in [-0.1, -0.05) is 78.9 Å². The maximum atomic E-state index is 13.1. The number of carbonyl (C=O) groups excluding carboxylic acids is 1. The van der Waals surface area contributed by atoms with Gasteiger partial charge in [-0.15, -0.1) is 0 Å². The van der Waals surface area contributed by atoms with Gasteiger partial charge in [0, 0.05) is 18.7 Å². The van der Waals surface area contributed by atoms with Crippen LogP contribution in [0.25, 0.3) is 0 Å². The van der Waals surface area contributed by atoms with Crippen molar-refractivity contribution in [3.63, 3.8) is 0 Å². The lowest BCUT2D eigenvalue weighted by atomic mass is 10.2. The summed E-state index contributed by atoms with van der Waals surface area (Å²) in [4.78, 5) is 15.0. The van der Waals surface area contributed by atoms with E-state index < -0.39 is 7.92 Å². The van der Waals surface area contributed by atoms with Gasteiger partial charge >= 0.3 is 0 Å². The summed E-state index contributed by atoms with van der Waals surface area (Å²) < 4.78 is 0. The smallest absolute Gasteiger partial charge is 0.254 e. The second-order valence-corrected chi connectivity index (χ2v) is 8.19. The number of amides is 1. The molecule has 132 valence electrons. The second-order valence-electron chi connectivity index (χ2n) is 6.00. The first-order chi connectivity index (χ1) is 12.8. The van der Waals surface area contributed by atoms with Gasteiger partial charge in [0.15, 0.2) is 0 Å². The minimum Gasteiger partial charge on any atom is -0.339 e. The van der Waals surface area contributed by atoms with Crippen molar-refractivity contribution in [1.29, 1.82) is 0 Å². The van der Waals surface area contributed by atoms with E-state index in [1.54, 1.807) is 0 Å². The Morgan fingerprint density at radius 2 is 1.19 bits per heavy atom. The molecule has 26 heavy (non-hydrogen) atoms. The van der Waals surface area contributed by atoms with Crippen molar-refractivity contribution in [3.8, 4) is 0 Å². The summed E-state index contributed by atoms with van der Waals surface area (Å²) in [7, 11) is -0.782. The topological polar surface area (TPSA) is 20.3 Å². The Bertz CT molecular complexity index is 805. The van der Waals surface area contributed by atoms with Gasteiger partial charge < -0.3 is 4.90 Å². The summed E-state index contributed by atoms with van der Waals surface area (Å²) in [6.07, 6.45) is 0. The van der Waals surface area contributed by atoms with Crippen LogP contribution < -0.4 is 15.9 Å². The third-order valence-electron chi connectivity index (χ3n) is 4.45. The molecule has 0 aliphatic heterocycles. The molecule has 3 heteroatoms. The van der Waals surface area contributed by atoms with Crippen LogP contribution >= 0.6 is 7.92 Å². The molecule has 0 atom stereocenters. The Labute approximate surface area is 157 Å². The lowest BCUT2D eigenvalue weighted by Crippen LogP contribution is -2.35. The molecular formula is C23H24NOP. The van der Waals surface area contributed by atoms with Gasteiger partial charge in [-0.05, 0) is 43.7 Å². The Morgan fingerprint density at radius 1 is 0.731 bits per heavy atom. The van der Waals surface area contributed by atoms with E-state index >= 15 is 0 Å². The number of hydrogen-bond acceptors (Lipinski definition) is 1. The molecule has 1 amide bonds. The molecule has 0 unspecified atom stereocenters. The molecule has 0 fully saturated rings. The molecular weight excluding hydrogens is 337 g/mol. The zero-order valence-corrected chi connectivity index (χ0v) is 16.2. The quantitative estimate of drug-likeness (QED) is 0.609. The fourth-order valence-electron chi connectivity index (χ4n) is 3.11. The molecule has 0 spiro atoms. The third kappa shape index (κ3) is 3.86. The van der Waals surface area contributed by atoms with Crippen LogP contribution in [0.5, 0.6) is 0 Å². The van der Waals surface area contributed by atoms with Gasteiger partial charge in [-0.3, -0.25) is 4.79 Å². The Hall–Kier alpha value is -2.44. The standard InChI is InChI=1S/C23H24NOP/c1-3-24(4-2)23(25)21-17-11-12-18-22(21)26(19-13-7-5-8-14-19)20-15-9-6-10-16-20/h5-18H,3-4H2,1-2H3. The van der Waals surface area contributed by atoms with E-state index in [0.29, 0.717) is 0 Å². The van der Waals surface area contributed by atoms with Gasteiger partial charge in [0.2, 0.25) is 0 Å². The average molecular weight is 361 g/mol. The number of rotatable bonds is 6. The highest BCUT2D eigenvalue weighted by atomic mass is 31.1. The summed E-state index contributed by atoms with van der Waals surface area (Å²) in [5, 5.41) is 3.64. The van der Waals surface area contributed by atoms with Gasteiger partial charge in [-0.2, -0.15) is 0 Å². The Balaban J connectivity index is 2.16. The summed E-state index contributed by atoms with van der Waals surface area (Å²) in [5.74, 6) is 0.116. The van der Waals surface area contributed by atoms with Crippen molar-refractivity contribution < 1.29 is 4.79 Å². The predicted octanol–water partition coefficient (Wildman–Crippen LogP) is 3.93. The normalized spacial score (nSPS) is 10.7. The van der Waals surface area contributed by atoms with Gasteiger partial charge in [0.05, 0.1) is 0 Å². The van der Waals surface area contributed by atoms with Crippen molar-refractivity contribution in [2.24, 2.45) is 0 Å². The van der Waals surface area contributed by atoms with Crippen LogP contribution in [0.4, 0.5) is 0 Å². The highest BCUT2D eigenvalue weighted by Gasteiger charge is 2.23. The minimum atomic E-state index is -0.782. The van der Waals surface area contributed by atoms with Crippen LogP contribution in [-0.2, 0) is 0 Å². The highest BCUT2D eigenvalue weighted by Crippen LogP contribution is 2.34. The number of hydrogen-bond donors (Lipinski definition) is 0.